The van der Waals surface area contributed by atoms with Crippen molar-refractivity contribution in [1.29, 1.82) is 5.26 Å². The molecule has 2 rings (SSSR count). The Morgan fingerprint density at radius 1 is 1.43 bits per heavy atom. The van der Waals surface area contributed by atoms with Crippen LogP contribution in [-0.2, 0) is 0 Å². The van der Waals surface area contributed by atoms with Crippen LogP contribution in [0.2, 0.25) is 0 Å². The molecule has 1 aliphatic rings. The van der Waals surface area contributed by atoms with Gasteiger partial charge in [0, 0.05) is 18.7 Å². The van der Waals surface area contributed by atoms with Gasteiger partial charge in [0.15, 0.2) is 0 Å². The number of hydrogen-bond acceptors (Lipinski definition) is 3. The number of nitriles is 1. The fraction of sp³-hybridized carbons (Fsp3) is 0.273. The van der Waals surface area contributed by atoms with E-state index in [1.54, 1.807) is 6.07 Å². The van der Waals surface area contributed by atoms with Crippen LogP contribution in [0.4, 0.5) is 0 Å². The number of nitrogens with one attached hydrogen (secondary N) is 1. The Morgan fingerprint density at radius 3 is 3.07 bits per heavy atom. The minimum atomic E-state index is 0.678. The molecule has 1 N–H and O–H groups in total. The van der Waals surface area contributed by atoms with Gasteiger partial charge in [0.2, 0.25) is 0 Å². The van der Waals surface area contributed by atoms with Gasteiger partial charge in [0.25, 0.3) is 0 Å². The van der Waals surface area contributed by atoms with Crippen molar-refractivity contribution in [2.75, 3.05) is 13.1 Å². The zero-order chi connectivity index (χ0) is 9.80. The van der Waals surface area contributed by atoms with Crippen LogP contribution in [0.3, 0.4) is 0 Å². The number of hydrogen-bond donors (Lipinski definition) is 1. The van der Waals surface area contributed by atoms with E-state index < -0.39 is 0 Å². The monoisotopic (exact) mass is 185 g/mol. The van der Waals surface area contributed by atoms with Gasteiger partial charge in [-0.25, -0.2) is 0 Å². The molecule has 0 unspecified atom stereocenters. The first-order valence-electron chi connectivity index (χ1n) is 4.69. The Balaban J connectivity index is 2.32. The average Bonchev–Trinajstić information content (AvgIpc) is 2.30. The Kier molecular flexibility index (Phi) is 2.46. The summed E-state index contributed by atoms with van der Waals surface area (Å²) in [4.78, 5) is 4.37. The van der Waals surface area contributed by atoms with Gasteiger partial charge in [-0.05, 0) is 18.6 Å². The van der Waals surface area contributed by atoms with E-state index >= 15 is 0 Å². The Labute approximate surface area is 83.1 Å². The Morgan fingerprint density at radius 2 is 2.36 bits per heavy atom. The Bertz CT molecular complexity index is 401. The van der Waals surface area contributed by atoms with Crippen molar-refractivity contribution in [3.05, 3.63) is 35.4 Å². The highest BCUT2D eigenvalue weighted by Crippen LogP contribution is 2.06. The van der Waals surface area contributed by atoms with Crippen LogP contribution >= 0.6 is 0 Å². The van der Waals surface area contributed by atoms with E-state index in [-0.39, 0.29) is 0 Å². The molecule has 1 aromatic carbocycles. The van der Waals surface area contributed by atoms with Crippen LogP contribution in [0.15, 0.2) is 29.3 Å². The summed E-state index contributed by atoms with van der Waals surface area (Å²) in [6, 6.07) is 9.63. The molecule has 0 aliphatic carbocycles. The summed E-state index contributed by atoms with van der Waals surface area (Å²) in [5.74, 6) is 0.911. The minimum absolute atomic E-state index is 0.678. The quantitative estimate of drug-likeness (QED) is 0.716. The second-order valence-electron chi connectivity index (χ2n) is 3.20. The van der Waals surface area contributed by atoms with E-state index in [2.05, 4.69) is 16.4 Å². The molecule has 1 heterocycles. The number of benzene rings is 1. The summed E-state index contributed by atoms with van der Waals surface area (Å²) in [5, 5.41) is 12.0. The molecule has 0 aromatic heterocycles. The van der Waals surface area contributed by atoms with Crippen LogP contribution in [0.5, 0.6) is 0 Å². The highest BCUT2D eigenvalue weighted by molar-refractivity contribution is 5.99. The van der Waals surface area contributed by atoms with Crippen LogP contribution in [0.25, 0.3) is 0 Å². The van der Waals surface area contributed by atoms with Crippen LogP contribution < -0.4 is 5.32 Å². The first kappa shape index (κ1) is 8.76. The molecule has 0 fully saturated rings. The van der Waals surface area contributed by atoms with Crippen LogP contribution in [0.1, 0.15) is 17.5 Å². The van der Waals surface area contributed by atoms with Gasteiger partial charge in [-0.1, -0.05) is 12.1 Å². The van der Waals surface area contributed by atoms with E-state index in [0.29, 0.717) is 5.56 Å². The SMILES string of the molecule is N#Cc1cccc(C2=NCCCN2)c1. The van der Waals surface area contributed by atoms with Gasteiger partial charge in [-0.3, -0.25) is 4.99 Å². The van der Waals surface area contributed by atoms with Crippen molar-refractivity contribution in [2.45, 2.75) is 6.42 Å². The predicted molar refractivity (Wildman–Crippen MR) is 55.2 cm³/mol. The molecule has 1 aromatic rings. The molecule has 14 heavy (non-hydrogen) atoms. The summed E-state index contributed by atoms with van der Waals surface area (Å²) in [6.45, 7) is 1.84. The van der Waals surface area contributed by atoms with Gasteiger partial charge < -0.3 is 5.32 Å². The third kappa shape index (κ3) is 1.74. The number of nitrogens with zero attached hydrogens (tertiary/aromatic N) is 2. The molecule has 0 bridgehead atoms. The molecule has 1 aliphatic heterocycles. The normalized spacial score (nSPS) is 15.2. The fourth-order valence-electron chi connectivity index (χ4n) is 1.46. The first-order chi connectivity index (χ1) is 6.90. The molecule has 3 heteroatoms. The molecule has 3 nitrogen and oxygen atoms in total. The summed E-state index contributed by atoms with van der Waals surface area (Å²) < 4.78 is 0. The lowest BCUT2D eigenvalue weighted by molar-refractivity contribution is 0.742. The van der Waals surface area contributed by atoms with E-state index in [1.807, 2.05) is 18.2 Å². The molecule has 0 radical (unpaired) electrons. The van der Waals surface area contributed by atoms with Crippen molar-refractivity contribution < 1.29 is 0 Å². The summed E-state index contributed by atoms with van der Waals surface area (Å²) in [6.07, 6.45) is 1.08. The molecular formula is C11H11N3. The van der Waals surface area contributed by atoms with Crippen molar-refractivity contribution in [3.63, 3.8) is 0 Å². The van der Waals surface area contributed by atoms with Crippen molar-refractivity contribution in [1.82, 2.24) is 5.32 Å². The van der Waals surface area contributed by atoms with Crippen LogP contribution in [-0.4, -0.2) is 18.9 Å². The summed E-state index contributed by atoms with van der Waals surface area (Å²) >= 11 is 0. The number of amidine groups is 1. The molecular weight excluding hydrogens is 174 g/mol. The van der Waals surface area contributed by atoms with Gasteiger partial charge in [0.1, 0.15) is 5.84 Å². The second-order valence-corrected chi connectivity index (χ2v) is 3.20. The van der Waals surface area contributed by atoms with Gasteiger partial charge in [-0.2, -0.15) is 5.26 Å². The molecule has 70 valence electrons. The van der Waals surface area contributed by atoms with Crippen molar-refractivity contribution in [2.24, 2.45) is 4.99 Å². The van der Waals surface area contributed by atoms with E-state index in [9.17, 15) is 0 Å². The molecule has 0 atom stereocenters. The van der Waals surface area contributed by atoms with Gasteiger partial charge in [-0.15, -0.1) is 0 Å². The molecule has 0 saturated heterocycles. The molecule has 0 spiro atoms. The first-order valence-corrected chi connectivity index (χ1v) is 4.69. The third-order valence-corrected chi connectivity index (χ3v) is 2.16. The number of aliphatic imine (C=N–C) groups is 1. The standard InChI is InChI=1S/C11H11N3/c12-8-9-3-1-4-10(7-9)11-13-5-2-6-14-11/h1,3-4,7H,2,5-6H2,(H,13,14). The maximum absolute atomic E-state index is 8.75. The van der Waals surface area contributed by atoms with Crippen LogP contribution in [0, 0.1) is 11.3 Å². The fourth-order valence-corrected chi connectivity index (χ4v) is 1.46. The van der Waals surface area contributed by atoms with E-state index in [1.165, 1.54) is 0 Å². The lowest BCUT2D eigenvalue weighted by Gasteiger charge is -2.14. The molecule has 0 amide bonds. The smallest absolute Gasteiger partial charge is 0.128 e. The maximum Gasteiger partial charge on any atom is 0.128 e. The molecule has 0 saturated carbocycles. The average molecular weight is 185 g/mol. The lowest BCUT2D eigenvalue weighted by Crippen LogP contribution is -2.30. The second kappa shape index (κ2) is 3.93. The third-order valence-electron chi connectivity index (χ3n) is 2.16. The highest BCUT2D eigenvalue weighted by Gasteiger charge is 2.06. The van der Waals surface area contributed by atoms with E-state index in [4.69, 9.17) is 5.26 Å². The van der Waals surface area contributed by atoms with Crippen molar-refractivity contribution in [3.8, 4) is 6.07 Å². The predicted octanol–water partition coefficient (Wildman–Crippen LogP) is 1.30. The summed E-state index contributed by atoms with van der Waals surface area (Å²) in [7, 11) is 0. The number of rotatable bonds is 1. The Hall–Kier alpha value is -1.82. The van der Waals surface area contributed by atoms with Gasteiger partial charge >= 0.3 is 0 Å². The zero-order valence-electron chi connectivity index (χ0n) is 7.83. The van der Waals surface area contributed by atoms with E-state index in [0.717, 1.165) is 30.9 Å². The van der Waals surface area contributed by atoms with Crippen molar-refractivity contribution >= 4 is 5.84 Å². The van der Waals surface area contributed by atoms with Gasteiger partial charge in [0.05, 0.1) is 11.6 Å². The maximum atomic E-state index is 8.75. The largest absolute Gasteiger partial charge is 0.370 e. The topological polar surface area (TPSA) is 48.2 Å². The minimum Gasteiger partial charge on any atom is -0.370 e. The highest BCUT2D eigenvalue weighted by atomic mass is 15.0. The summed E-state index contributed by atoms with van der Waals surface area (Å²) in [5.41, 5.74) is 1.68. The zero-order valence-corrected chi connectivity index (χ0v) is 7.83. The lowest BCUT2D eigenvalue weighted by atomic mass is 10.1.